The molecule has 1 unspecified atom stereocenters. The lowest BCUT2D eigenvalue weighted by atomic mass is 9.92. The molecule has 0 radical (unpaired) electrons. The van der Waals surface area contributed by atoms with E-state index in [9.17, 15) is 10.2 Å². The molecule has 0 aromatic heterocycles. The number of rotatable bonds is 2. The van der Waals surface area contributed by atoms with Crippen molar-refractivity contribution in [2.24, 2.45) is 0 Å². The third-order valence-corrected chi connectivity index (χ3v) is 4.99. The fourth-order valence-electron chi connectivity index (χ4n) is 3.78. The van der Waals surface area contributed by atoms with Crippen molar-refractivity contribution in [3.8, 4) is 0 Å². The molecule has 3 rings (SSSR count). The molecule has 3 atom stereocenters. The minimum atomic E-state index is -0.577. The summed E-state index contributed by atoms with van der Waals surface area (Å²) < 4.78 is 5.34. The van der Waals surface area contributed by atoms with Crippen LogP contribution in [0.3, 0.4) is 0 Å². The molecule has 0 saturated carbocycles. The van der Waals surface area contributed by atoms with Crippen LogP contribution in [0.5, 0.6) is 0 Å². The Morgan fingerprint density at radius 3 is 2.68 bits per heavy atom. The first-order valence-electron chi connectivity index (χ1n) is 7.52. The molecule has 2 N–H and O–H groups in total. The van der Waals surface area contributed by atoms with Crippen molar-refractivity contribution in [1.82, 2.24) is 9.80 Å². The summed E-state index contributed by atoms with van der Waals surface area (Å²) in [6.07, 6.45) is 2.20. The summed E-state index contributed by atoms with van der Waals surface area (Å²) in [6, 6.07) is 0.920. The van der Waals surface area contributed by atoms with Gasteiger partial charge in [-0.05, 0) is 13.3 Å². The van der Waals surface area contributed by atoms with Gasteiger partial charge in [0.15, 0.2) is 0 Å². The zero-order chi connectivity index (χ0) is 13.5. The van der Waals surface area contributed by atoms with E-state index in [1.54, 1.807) is 0 Å². The van der Waals surface area contributed by atoms with Gasteiger partial charge in [-0.15, -0.1) is 0 Å². The first-order valence-corrected chi connectivity index (χ1v) is 7.52. The van der Waals surface area contributed by atoms with Crippen LogP contribution >= 0.6 is 0 Å². The number of β-amino-alcohol motifs (C(OH)–C–C–N with tert-alkyl or cyclic N) is 1. The SMILES string of the molecule is C[C@H]1CN2C[C@H](O)CC2CN1CC1(O)CCOCC1. The van der Waals surface area contributed by atoms with Crippen molar-refractivity contribution in [3.63, 3.8) is 0 Å². The average Bonchev–Trinajstić information content (AvgIpc) is 2.69. The Kier molecular flexibility index (Phi) is 3.84. The Labute approximate surface area is 115 Å². The second-order valence-corrected chi connectivity index (χ2v) is 6.61. The molecule has 3 fully saturated rings. The monoisotopic (exact) mass is 270 g/mol. The molecule has 19 heavy (non-hydrogen) atoms. The lowest BCUT2D eigenvalue weighted by Crippen LogP contribution is -2.59. The van der Waals surface area contributed by atoms with Gasteiger partial charge in [-0.1, -0.05) is 0 Å². The average molecular weight is 270 g/mol. The van der Waals surface area contributed by atoms with Crippen molar-refractivity contribution in [3.05, 3.63) is 0 Å². The van der Waals surface area contributed by atoms with Crippen LogP contribution < -0.4 is 0 Å². The maximum absolute atomic E-state index is 10.6. The van der Waals surface area contributed by atoms with Gasteiger partial charge in [0.25, 0.3) is 0 Å². The van der Waals surface area contributed by atoms with E-state index in [0.717, 1.165) is 45.4 Å². The molecular formula is C14H26N2O3. The van der Waals surface area contributed by atoms with E-state index >= 15 is 0 Å². The molecule has 0 aromatic rings. The standard InChI is InChI=1S/C14H26N2O3/c1-11-7-15-9-13(17)6-12(15)8-16(11)10-14(18)2-4-19-5-3-14/h11-13,17-18H,2-10H2,1H3/t11-,12?,13+/m0/s1. The summed E-state index contributed by atoms with van der Waals surface area (Å²) in [7, 11) is 0. The van der Waals surface area contributed by atoms with Crippen LogP contribution in [0.15, 0.2) is 0 Å². The summed E-state index contributed by atoms with van der Waals surface area (Å²) in [4.78, 5) is 4.81. The molecule has 3 aliphatic heterocycles. The zero-order valence-electron chi connectivity index (χ0n) is 11.8. The minimum absolute atomic E-state index is 0.164. The fourth-order valence-corrected chi connectivity index (χ4v) is 3.78. The number of ether oxygens (including phenoxy) is 1. The highest BCUT2D eigenvalue weighted by Crippen LogP contribution is 2.28. The second-order valence-electron chi connectivity index (χ2n) is 6.61. The first-order chi connectivity index (χ1) is 9.06. The summed E-state index contributed by atoms with van der Waals surface area (Å²) in [5.41, 5.74) is -0.577. The van der Waals surface area contributed by atoms with E-state index in [1.807, 2.05) is 0 Å². The molecule has 0 bridgehead atoms. The highest BCUT2D eigenvalue weighted by atomic mass is 16.5. The van der Waals surface area contributed by atoms with Crippen LogP contribution in [-0.2, 0) is 4.74 Å². The van der Waals surface area contributed by atoms with E-state index < -0.39 is 5.60 Å². The molecule has 5 heteroatoms. The highest BCUT2D eigenvalue weighted by Gasteiger charge is 2.41. The first kappa shape index (κ1) is 13.8. The molecule has 3 saturated heterocycles. The maximum atomic E-state index is 10.6. The van der Waals surface area contributed by atoms with Gasteiger partial charge in [-0.2, -0.15) is 0 Å². The normalized spacial score (nSPS) is 40.3. The lowest BCUT2D eigenvalue weighted by Gasteiger charge is -2.46. The predicted molar refractivity (Wildman–Crippen MR) is 72.0 cm³/mol. The number of nitrogens with zero attached hydrogens (tertiary/aromatic N) is 2. The number of aliphatic hydroxyl groups is 2. The van der Waals surface area contributed by atoms with Gasteiger partial charge >= 0.3 is 0 Å². The van der Waals surface area contributed by atoms with Gasteiger partial charge in [-0.3, -0.25) is 9.80 Å². The van der Waals surface area contributed by atoms with Crippen LogP contribution in [-0.4, -0.2) is 83.2 Å². The molecule has 5 nitrogen and oxygen atoms in total. The molecule has 110 valence electrons. The number of piperazine rings is 1. The third-order valence-electron chi connectivity index (χ3n) is 4.99. The fraction of sp³-hybridized carbons (Fsp3) is 1.00. The van der Waals surface area contributed by atoms with Crippen molar-refractivity contribution in [2.45, 2.75) is 50.0 Å². The predicted octanol–water partition coefficient (Wildman–Crippen LogP) is -0.333. The number of aliphatic hydroxyl groups excluding tert-OH is 1. The number of hydrogen-bond acceptors (Lipinski definition) is 5. The summed E-state index contributed by atoms with van der Waals surface area (Å²) >= 11 is 0. The van der Waals surface area contributed by atoms with Gasteiger partial charge < -0.3 is 14.9 Å². The van der Waals surface area contributed by atoms with E-state index in [2.05, 4.69) is 16.7 Å². The second kappa shape index (κ2) is 5.30. The Hall–Kier alpha value is -0.200. The Morgan fingerprint density at radius 2 is 1.95 bits per heavy atom. The van der Waals surface area contributed by atoms with Crippen LogP contribution in [0.25, 0.3) is 0 Å². The quantitative estimate of drug-likeness (QED) is 0.719. The van der Waals surface area contributed by atoms with Gasteiger partial charge in [-0.25, -0.2) is 0 Å². The largest absolute Gasteiger partial charge is 0.392 e. The lowest BCUT2D eigenvalue weighted by molar-refractivity contribution is -0.0938. The van der Waals surface area contributed by atoms with Crippen molar-refractivity contribution in [2.75, 3.05) is 39.4 Å². The smallest absolute Gasteiger partial charge is 0.0818 e. The van der Waals surface area contributed by atoms with E-state index in [1.165, 1.54) is 0 Å². The minimum Gasteiger partial charge on any atom is -0.392 e. The zero-order valence-corrected chi connectivity index (χ0v) is 11.8. The summed E-state index contributed by atoms with van der Waals surface area (Å²) in [6.45, 7) is 7.12. The van der Waals surface area contributed by atoms with Crippen molar-refractivity contribution < 1.29 is 14.9 Å². The molecule has 0 amide bonds. The molecule has 0 aliphatic carbocycles. The van der Waals surface area contributed by atoms with Crippen LogP contribution in [0.4, 0.5) is 0 Å². The highest BCUT2D eigenvalue weighted by molar-refractivity contribution is 4.96. The maximum Gasteiger partial charge on any atom is 0.0818 e. The van der Waals surface area contributed by atoms with Gasteiger partial charge in [0.05, 0.1) is 11.7 Å². The van der Waals surface area contributed by atoms with Crippen LogP contribution in [0, 0.1) is 0 Å². The van der Waals surface area contributed by atoms with Crippen LogP contribution in [0.1, 0.15) is 26.2 Å². The number of fused-ring (bicyclic) bond motifs is 1. The summed E-state index contributed by atoms with van der Waals surface area (Å²) in [5.74, 6) is 0. The molecule has 0 aromatic carbocycles. The van der Waals surface area contributed by atoms with Gasteiger partial charge in [0.1, 0.15) is 0 Å². The molecule has 3 heterocycles. The van der Waals surface area contributed by atoms with Gasteiger partial charge in [0.2, 0.25) is 0 Å². The van der Waals surface area contributed by atoms with E-state index in [4.69, 9.17) is 4.74 Å². The van der Waals surface area contributed by atoms with Gasteiger partial charge in [0, 0.05) is 64.3 Å². The van der Waals surface area contributed by atoms with E-state index in [-0.39, 0.29) is 6.10 Å². The van der Waals surface area contributed by atoms with Crippen molar-refractivity contribution >= 4 is 0 Å². The molecule has 0 spiro atoms. The Morgan fingerprint density at radius 1 is 1.21 bits per heavy atom. The molecular weight excluding hydrogens is 244 g/mol. The van der Waals surface area contributed by atoms with Crippen molar-refractivity contribution in [1.29, 1.82) is 0 Å². The summed E-state index contributed by atoms with van der Waals surface area (Å²) in [5, 5.41) is 20.4. The molecule has 3 aliphatic rings. The topological polar surface area (TPSA) is 56.2 Å². The number of hydrogen-bond donors (Lipinski definition) is 2. The Bertz CT molecular complexity index is 320. The van der Waals surface area contributed by atoms with E-state index in [0.29, 0.717) is 25.3 Å². The van der Waals surface area contributed by atoms with Crippen LogP contribution in [0.2, 0.25) is 0 Å². The Balaban J connectivity index is 1.61. The third kappa shape index (κ3) is 2.95.